The van der Waals surface area contributed by atoms with Gasteiger partial charge in [0.25, 0.3) is 16.0 Å². The molecular weight excluding hydrogens is 451 g/mol. The molecule has 0 fully saturated rings. The van der Waals surface area contributed by atoms with Crippen LogP contribution in [0.1, 0.15) is 40.2 Å². The molecule has 2 atom stereocenters. The van der Waals surface area contributed by atoms with Crippen LogP contribution in [0.4, 0.5) is 5.69 Å². The Morgan fingerprint density at radius 2 is 1.53 bits per heavy atom. The number of rotatable bonds is 9. The van der Waals surface area contributed by atoms with Gasteiger partial charge in [-0.25, -0.2) is 0 Å². The summed E-state index contributed by atoms with van der Waals surface area (Å²) in [6.45, 7) is 1.78. The van der Waals surface area contributed by atoms with E-state index in [2.05, 4.69) is 10.6 Å². The predicted octanol–water partition coefficient (Wildman–Crippen LogP) is 2.09. The summed E-state index contributed by atoms with van der Waals surface area (Å²) in [5.41, 5.74) is 3.94. The first kappa shape index (κ1) is 25.2. The quantitative estimate of drug-likeness (QED) is 0.322. The van der Waals surface area contributed by atoms with Crippen molar-refractivity contribution in [3.63, 3.8) is 0 Å². The summed E-state index contributed by atoms with van der Waals surface area (Å²) in [7, 11) is -2.16. The molecule has 3 aromatic carbocycles. The SMILES string of the molecule is Bc1ccc(NC(=O)[C@H](c2ccccc2)C(C)c2ccc(C(=O)NCCS(=O)(=O)O)cc2)cc1. The highest BCUT2D eigenvalue weighted by Gasteiger charge is 2.28. The van der Waals surface area contributed by atoms with Crippen molar-refractivity contribution in [1.29, 1.82) is 0 Å². The van der Waals surface area contributed by atoms with Crippen LogP contribution < -0.4 is 16.1 Å². The highest BCUT2D eigenvalue weighted by molar-refractivity contribution is 7.85. The van der Waals surface area contributed by atoms with Crippen molar-refractivity contribution in [2.75, 3.05) is 17.6 Å². The number of anilines is 1. The Hall–Kier alpha value is -3.43. The van der Waals surface area contributed by atoms with Crippen LogP contribution in [-0.4, -0.2) is 44.9 Å². The Kier molecular flexibility index (Phi) is 8.25. The number of carbonyl (C=O) groups excluding carboxylic acids is 2. The number of amides is 2. The zero-order valence-electron chi connectivity index (χ0n) is 19.1. The van der Waals surface area contributed by atoms with Crippen LogP contribution in [0, 0.1) is 0 Å². The minimum absolute atomic E-state index is 0.130. The van der Waals surface area contributed by atoms with E-state index in [9.17, 15) is 18.0 Å². The molecule has 0 heterocycles. The monoisotopic (exact) mass is 478 g/mol. The number of hydrogen-bond donors (Lipinski definition) is 3. The molecule has 0 bridgehead atoms. The molecule has 7 nitrogen and oxygen atoms in total. The summed E-state index contributed by atoms with van der Waals surface area (Å²) in [6, 6.07) is 24.0. The molecule has 0 aliphatic carbocycles. The van der Waals surface area contributed by atoms with Gasteiger partial charge in [0, 0.05) is 17.8 Å². The van der Waals surface area contributed by atoms with Crippen LogP contribution in [-0.2, 0) is 14.9 Å². The lowest BCUT2D eigenvalue weighted by Gasteiger charge is -2.24. The van der Waals surface area contributed by atoms with Gasteiger partial charge in [-0.15, -0.1) is 0 Å². The van der Waals surface area contributed by atoms with E-state index in [0.29, 0.717) is 5.56 Å². The lowest BCUT2D eigenvalue weighted by Crippen LogP contribution is -2.29. The van der Waals surface area contributed by atoms with Gasteiger partial charge < -0.3 is 10.6 Å². The summed E-state index contributed by atoms with van der Waals surface area (Å²) in [4.78, 5) is 25.6. The van der Waals surface area contributed by atoms with Crippen LogP contribution in [0.3, 0.4) is 0 Å². The van der Waals surface area contributed by atoms with Crippen molar-refractivity contribution in [3.05, 3.63) is 95.6 Å². The predicted molar refractivity (Wildman–Crippen MR) is 136 cm³/mol. The first-order valence-corrected chi connectivity index (χ1v) is 12.5. The summed E-state index contributed by atoms with van der Waals surface area (Å²) < 4.78 is 30.4. The average molecular weight is 478 g/mol. The second-order valence-corrected chi connectivity index (χ2v) is 9.77. The molecule has 0 saturated carbocycles. The minimum Gasteiger partial charge on any atom is -0.351 e. The van der Waals surface area contributed by atoms with E-state index in [4.69, 9.17) is 4.55 Å². The van der Waals surface area contributed by atoms with Gasteiger partial charge >= 0.3 is 0 Å². The normalized spacial score (nSPS) is 13.0. The van der Waals surface area contributed by atoms with E-state index in [1.807, 2.05) is 69.4 Å². The fourth-order valence-electron chi connectivity index (χ4n) is 3.71. The van der Waals surface area contributed by atoms with Gasteiger partial charge in [0.1, 0.15) is 7.85 Å². The first-order valence-electron chi connectivity index (χ1n) is 10.9. The molecule has 3 N–H and O–H groups in total. The molecule has 3 rings (SSSR count). The molecule has 0 aliphatic heterocycles. The second-order valence-electron chi connectivity index (χ2n) is 8.20. The number of hydrogen-bond acceptors (Lipinski definition) is 4. The highest BCUT2D eigenvalue weighted by atomic mass is 32.2. The van der Waals surface area contributed by atoms with E-state index < -0.39 is 27.7 Å². The van der Waals surface area contributed by atoms with E-state index in [1.54, 1.807) is 24.3 Å². The summed E-state index contributed by atoms with van der Waals surface area (Å²) >= 11 is 0. The Morgan fingerprint density at radius 3 is 2.12 bits per heavy atom. The zero-order valence-corrected chi connectivity index (χ0v) is 19.9. The van der Waals surface area contributed by atoms with E-state index in [-0.39, 0.29) is 18.4 Å². The second kappa shape index (κ2) is 11.1. The third-order valence-electron chi connectivity index (χ3n) is 5.60. The molecule has 176 valence electrons. The molecule has 0 spiro atoms. The highest BCUT2D eigenvalue weighted by Crippen LogP contribution is 2.34. The molecule has 1 unspecified atom stereocenters. The van der Waals surface area contributed by atoms with Gasteiger partial charge in [-0.2, -0.15) is 8.42 Å². The van der Waals surface area contributed by atoms with Gasteiger partial charge in [-0.1, -0.05) is 67.0 Å². The van der Waals surface area contributed by atoms with Crippen molar-refractivity contribution in [1.82, 2.24) is 5.32 Å². The van der Waals surface area contributed by atoms with Crippen molar-refractivity contribution < 1.29 is 22.6 Å². The first-order chi connectivity index (χ1) is 16.1. The summed E-state index contributed by atoms with van der Waals surface area (Å²) in [6.07, 6.45) is 0. The molecule has 34 heavy (non-hydrogen) atoms. The average Bonchev–Trinajstić information content (AvgIpc) is 2.80. The number of carbonyl (C=O) groups is 2. The molecule has 3 aromatic rings. The third kappa shape index (κ3) is 7.03. The maximum absolute atomic E-state index is 13.3. The van der Waals surface area contributed by atoms with E-state index in [0.717, 1.165) is 22.3 Å². The van der Waals surface area contributed by atoms with Crippen LogP contribution in [0.25, 0.3) is 0 Å². The molecular formula is C25H27BN2O5S. The molecule has 2 amide bonds. The van der Waals surface area contributed by atoms with Crippen LogP contribution in [0.15, 0.2) is 78.9 Å². The van der Waals surface area contributed by atoms with Gasteiger partial charge in [-0.3, -0.25) is 14.1 Å². The van der Waals surface area contributed by atoms with Gasteiger partial charge in [0.05, 0.1) is 11.7 Å². The van der Waals surface area contributed by atoms with Gasteiger partial charge in [0.2, 0.25) is 5.91 Å². The standard InChI is InChI=1S/C25H27BN2O5S/c1-17(18-7-9-20(10-8-18)24(29)27-15-16-34(31,32)33)23(19-5-3-2-4-6-19)25(30)28-22-13-11-21(26)12-14-22/h2-14,17,23H,15-16,26H2,1H3,(H,27,29)(H,28,30)(H,31,32,33)/t17?,23-/m0/s1. The minimum atomic E-state index is -4.14. The fourth-order valence-corrected chi connectivity index (χ4v) is 4.07. The largest absolute Gasteiger partial charge is 0.351 e. The Bertz CT molecular complexity index is 1230. The Labute approximate surface area is 200 Å². The lowest BCUT2D eigenvalue weighted by molar-refractivity contribution is -0.118. The molecule has 9 heteroatoms. The van der Waals surface area contributed by atoms with Crippen molar-refractivity contribution in [2.24, 2.45) is 0 Å². The fraction of sp³-hybridized carbons (Fsp3) is 0.200. The molecule has 0 radical (unpaired) electrons. The van der Waals surface area contributed by atoms with Gasteiger partial charge in [0.15, 0.2) is 0 Å². The molecule has 0 aliphatic rings. The summed E-state index contributed by atoms with van der Waals surface area (Å²) in [5, 5.41) is 5.47. The van der Waals surface area contributed by atoms with Crippen molar-refractivity contribution in [3.8, 4) is 0 Å². The Morgan fingerprint density at radius 1 is 0.912 bits per heavy atom. The smallest absolute Gasteiger partial charge is 0.266 e. The topological polar surface area (TPSA) is 113 Å². The van der Waals surface area contributed by atoms with Crippen LogP contribution in [0.2, 0.25) is 0 Å². The maximum Gasteiger partial charge on any atom is 0.266 e. The molecule has 0 aromatic heterocycles. The van der Waals surface area contributed by atoms with Crippen LogP contribution in [0.5, 0.6) is 0 Å². The van der Waals surface area contributed by atoms with E-state index in [1.165, 1.54) is 0 Å². The van der Waals surface area contributed by atoms with Gasteiger partial charge in [-0.05, 0) is 41.3 Å². The number of nitrogens with one attached hydrogen (secondary N) is 2. The zero-order chi connectivity index (χ0) is 24.7. The Balaban J connectivity index is 1.78. The molecule has 0 saturated heterocycles. The summed E-state index contributed by atoms with van der Waals surface area (Å²) in [5.74, 6) is -1.78. The maximum atomic E-state index is 13.3. The lowest BCUT2D eigenvalue weighted by atomic mass is 9.81. The van der Waals surface area contributed by atoms with E-state index >= 15 is 0 Å². The van der Waals surface area contributed by atoms with Crippen LogP contribution >= 0.6 is 0 Å². The number of benzene rings is 3. The van der Waals surface area contributed by atoms with Crippen molar-refractivity contribution in [2.45, 2.75) is 18.8 Å². The third-order valence-corrected chi connectivity index (χ3v) is 6.32. The van der Waals surface area contributed by atoms with Crippen molar-refractivity contribution >= 4 is 40.9 Å².